The van der Waals surface area contributed by atoms with Crippen LogP contribution in [0, 0.1) is 11.7 Å². The Morgan fingerprint density at radius 3 is 2.43 bits per heavy atom. The van der Waals surface area contributed by atoms with Crippen molar-refractivity contribution in [3.05, 3.63) is 59.4 Å². The SMILES string of the molecule is CN(C)c1ccc(NC(=O)CCC2CCCC2)cc1C(=O)NCc1ccc(F)cc1. The summed E-state index contributed by atoms with van der Waals surface area (Å²) in [6, 6.07) is 11.4. The van der Waals surface area contributed by atoms with Crippen LogP contribution in [0.2, 0.25) is 0 Å². The molecule has 0 bridgehead atoms. The molecule has 2 N–H and O–H groups in total. The number of hydrogen-bond acceptors (Lipinski definition) is 3. The summed E-state index contributed by atoms with van der Waals surface area (Å²) in [5, 5.41) is 5.80. The smallest absolute Gasteiger partial charge is 0.253 e. The molecule has 0 radical (unpaired) electrons. The lowest BCUT2D eigenvalue weighted by atomic mass is 10.0. The fourth-order valence-electron chi connectivity index (χ4n) is 3.92. The average molecular weight is 412 g/mol. The molecular weight excluding hydrogens is 381 g/mol. The Bertz CT molecular complexity index is 875. The first-order valence-electron chi connectivity index (χ1n) is 10.6. The van der Waals surface area contributed by atoms with Crippen molar-refractivity contribution in [2.75, 3.05) is 24.3 Å². The molecule has 160 valence electrons. The van der Waals surface area contributed by atoms with Crippen molar-refractivity contribution in [1.82, 2.24) is 5.32 Å². The van der Waals surface area contributed by atoms with E-state index in [4.69, 9.17) is 0 Å². The topological polar surface area (TPSA) is 61.4 Å². The molecule has 1 aliphatic rings. The van der Waals surface area contributed by atoms with Gasteiger partial charge in [-0.1, -0.05) is 37.8 Å². The van der Waals surface area contributed by atoms with Crippen LogP contribution in [0.1, 0.15) is 54.4 Å². The number of carbonyl (C=O) groups excluding carboxylic acids is 2. The monoisotopic (exact) mass is 411 g/mol. The third kappa shape index (κ3) is 6.05. The first kappa shape index (κ1) is 21.8. The van der Waals surface area contributed by atoms with Gasteiger partial charge in [0, 0.05) is 38.4 Å². The van der Waals surface area contributed by atoms with Gasteiger partial charge in [-0.15, -0.1) is 0 Å². The van der Waals surface area contributed by atoms with E-state index >= 15 is 0 Å². The zero-order valence-corrected chi connectivity index (χ0v) is 17.7. The lowest BCUT2D eigenvalue weighted by Crippen LogP contribution is -2.25. The van der Waals surface area contributed by atoms with E-state index in [1.807, 2.05) is 31.1 Å². The van der Waals surface area contributed by atoms with Crippen molar-refractivity contribution in [1.29, 1.82) is 0 Å². The maximum absolute atomic E-state index is 13.1. The molecule has 6 heteroatoms. The van der Waals surface area contributed by atoms with Gasteiger partial charge in [-0.3, -0.25) is 9.59 Å². The standard InChI is InChI=1S/C24H30FN3O2/c1-28(2)22-13-12-20(27-23(29)14-9-17-5-3-4-6-17)15-21(22)24(30)26-16-18-7-10-19(25)11-8-18/h7-8,10-13,15,17H,3-6,9,14,16H2,1-2H3,(H,26,30)(H,27,29). The van der Waals surface area contributed by atoms with Crippen molar-refractivity contribution >= 4 is 23.2 Å². The number of rotatable bonds is 8. The highest BCUT2D eigenvalue weighted by molar-refractivity contribution is 6.02. The quantitative estimate of drug-likeness (QED) is 0.660. The molecule has 30 heavy (non-hydrogen) atoms. The van der Waals surface area contributed by atoms with Crippen LogP contribution < -0.4 is 15.5 Å². The van der Waals surface area contributed by atoms with Gasteiger partial charge in [-0.2, -0.15) is 0 Å². The van der Waals surface area contributed by atoms with Gasteiger partial charge in [-0.05, 0) is 48.2 Å². The van der Waals surface area contributed by atoms with Crippen LogP contribution in [0.3, 0.4) is 0 Å². The summed E-state index contributed by atoms with van der Waals surface area (Å²) in [4.78, 5) is 27.0. The summed E-state index contributed by atoms with van der Waals surface area (Å²) < 4.78 is 13.1. The molecular formula is C24H30FN3O2. The Morgan fingerprint density at radius 2 is 1.77 bits per heavy atom. The molecule has 1 fully saturated rings. The van der Waals surface area contributed by atoms with Gasteiger partial charge in [0.2, 0.25) is 5.91 Å². The highest BCUT2D eigenvalue weighted by atomic mass is 19.1. The van der Waals surface area contributed by atoms with Gasteiger partial charge in [-0.25, -0.2) is 4.39 Å². The predicted octanol–water partition coefficient (Wildman–Crippen LogP) is 4.73. The molecule has 0 heterocycles. The largest absolute Gasteiger partial charge is 0.377 e. The zero-order chi connectivity index (χ0) is 21.5. The van der Waals surface area contributed by atoms with E-state index in [0.717, 1.165) is 17.7 Å². The third-order valence-electron chi connectivity index (χ3n) is 5.63. The van der Waals surface area contributed by atoms with Crippen molar-refractivity contribution < 1.29 is 14.0 Å². The van der Waals surface area contributed by atoms with Crippen LogP contribution in [0.25, 0.3) is 0 Å². The maximum atomic E-state index is 13.1. The zero-order valence-electron chi connectivity index (χ0n) is 17.7. The molecule has 0 unspecified atom stereocenters. The minimum absolute atomic E-state index is 0.0165. The Hall–Kier alpha value is -2.89. The first-order chi connectivity index (χ1) is 14.4. The van der Waals surface area contributed by atoms with E-state index in [9.17, 15) is 14.0 Å². The molecule has 2 amide bonds. The van der Waals surface area contributed by atoms with Gasteiger partial charge in [0.05, 0.1) is 5.56 Å². The minimum atomic E-state index is -0.309. The average Bonchev–Trinajstić information content (AvgIpc) is 3.25. The van der Waals surface area contributed by atoms with Crippen LogP contribution in [0.5, 0.6) is 0 Å². The normalized spacial score (nSPS) is 13.8. The molecule has 0 saturated heterocycles. The molecule has 0 aliphatic heterocycles. The molecule has 0 atom stereocenters. The molecule has 3 rings (SSSR count). The van der Waals surface area contributed by atoms with Crippen LogP contribution in [0.4, 0.5) is 15.8 Å². The van der Waals surface area contributed by atoms with E-state index < -0.39 is 0 Å². The summed E-state index contributed by atoms with van der Waals surface area (Å²) in [7, 11) is 3.73. The molecule has 5 nitrogen and oxygen atoms in total. The van der Waals surface area contributed by atoms with Crippen LogP contribution in [0.15, 0.2) is 42.5 Å². The summed E-state index contributed by atoms with van der Waals surface area (Å²) in [5.41, 5.74) is 2.67. The van der Waals surface area contributed by atoms with Crippen LogP contribution in [-0.2, 0) is 11.3 Å². The van der Waals surface area contributed by atoms with Crippen LogP contribution in [-0.4, -0.2) is 25.9 Å². The number of amides is 2. The third-order valence-corrected chi connectivity index (χ3v) is 5.63. The predicted molar refractivity (Wildman–Crippen MR) is 118 cm³/mol. The van der Waals surface area contributed by atoms with Gasteiger partial charge in [0.1, 0.15) is 5.82 Å². The number of nitrogens with zero attached hydrogens (tertiary/aromatic N) is 1. The number of hydrogen-bond donors (Lipinski definition) is 2. The number of nitrogens with one attached hydrogen (secondary N) is 2. The van der Waals surface area contributed by atoms with Crippen molar-refractivity contribution in [3.63, 3.8) is 0 Å². The second-order valence-electron chi connectivity index (χ2n) is 8.17. The molecule has 1 saturated carbocycles. The maximum Gasteiger partial charge on any atom is 0.253 e. The number of halogens is 1. The van der Waals surface area contributed by atoms with Gasteiger partial charge in [0.15, 0.2) is 0 Å². The fraction of sp³-hybridized carbons (Fsp3) is 0.417. The van der Waals surface area contributed by atoms with Crippen molar-refractivity contribution in [2.45, 2.75) is 45.1 Å². The van der Waals surface area contributed by atoms with E-state index in [-0.39, 0.29) is 17.6 Å². The Labute approximate surface area is 177 Å². The summed E-state index contributed by atoms with van der Waals surface area (Å²) in [5.74, 6) is 0.0956. The Kier molecular flexibility index (Phi) is 7.44. The molecule has 2 aromatic carbocycles. The highest BCUT2D eigenvalue weighted by Crippen LogP contribution is 2.29. The van der Waals surface area contributed by atoms with Crippen LogP contribution >= 0.6 is 0 Å². The Balaban J connectivity index is 1.64. The molecule has 1 aliphatic carbocycles. The van der Waals surface area contributed by atoms with E-state index in [1.165, 1.54) is 37.8 Å². The Morgan fingerprint density at radius 1 is 1.07 bits per heavy atom. The molecule has 2 aromatic rings. The van der Waals surface area contributed by atoms with Gasteiger partial charge in [0.25, 0.3) is 5.91 Å². The van der Waals surface area contributed by atoms with E-state index in [1.54, 1.807) is 18.2 Å². The van der Waals surface area contributed by atoms with Crippen molar-refractivity contribution in [2.24, 2.45) is 5.92 Å². The summed E-state index contributed by atoms with van der Waals surface area (Å²) >= 11 is 0. The summed E-state index contributed by atoms with van der Waals surface area (Å²) in [6.45, 7) is 0.296. The fourth-order valence-corrected chi connectivity index (χ4v) is 3.92. The number of anilines is 2. The van der Waals surface area contributed by atoms with Gasteiger partial charge >= 0.3 is 0 Å². The second-order valence-corrected chi connectivity index (χ2v) is 8.17. The summed E-state index contributed by atoms with van der Waals surface area (Å²) in [6.07, 6.45) is 6.43. The molecule has 0 aromatic heterocycles. The number of carbonyl (C=O) groups is 2. The van der Waals surface area contributed by atoms with Crippen molar-refractivity contribution in [3.8, 4) is 0 Å². The first-order valence-corrected chi connectivity index (χ1v) is 10.6. The van der Waals surface area contributed by atoms with E-state index in [0.29, 0.717) is 30.1 Å². The number of benzene rings is 2. The van der Waals surface area contributed by atoms with Gasteiger partial charge < -0.3 is 15.5 Å². The van der Waals surface area contributed by atoms with E-state index in [2.05, 4.69) is 10.6 Å². The highest BCUT2D eigenvalue weighted by Gasteiger charge is 2.17. The minimum Gasteiger partial charge on any atom is -0.377 e. The molecule has 0 spiro atoms. The lowest BCUT2D eigenvalue weighted by molar-refractivity contribution is -0.116. The lowest BCUT2D eigenvalue weighted by Gasteiger charge is -2.19. The second kappa shape index (κ2) is 10.2.